The molecular formula is C19H21ClF4N5O3S+. The smallest absolute Gasteiger partial charge is 0.463 e. The van der Waals surface area contributed by atoms with Gasteiger partial charge in [0.1, 0.15) is 22.3 Å². The fourth-order valence-corrected chi connectivity index (χ4v) is 3.41. The molecule has 14 heteroatoms. The number of carbonyl (C=O) groups is 1. The van der Waals surface area contributed by atoms with Gasteiger partial charge in [0.05, 0.1) is 13.0 Å². The van der Waals surface area contributed by atoms with Crippen LogP contribution in [0.1, 0.15) is 27.2 Å². The van der Waals surface area contributed by atoms with Crippen LogP contribution in [0.2, 0.25) is 5.15 Å². The summed E-state index contributed by atoms with van der Waals surface area (Å²) in [7, 11) is 0. The first-order valence-electron chi connectivity index (χ1n) is 9.71. The Labute approximate surface area is 195 Å². The van der Waals surface area contributed by atoms with Crippen LogP contribution >= 0.6 is 23.4 Å². The zero-order valence-electron chi connectivity index (χ0n) is 18.1. The van der Waals surface area contributed by atoms with E-state index in [-0.39, 0.29) is 35.0 Å². The second-order valence-electron chi connectivity index (χ2n) is 7.97. The normalized spacial score (nSPS) is 19.1. The van der Waals surface area contributed by atoms with Gasteiger partial charge in [0, 0.05) is 0 Å². The molecule has 33 heavy (non-hydrogen) atoms. The molecule has 1 N–H and O–H groups in total. The topological polar surface area (TPSA) is 89.2 Å². The van der Waals surface area contributed by atoms with E-state index < -0.39 is 47.2 Å². The SMILES string of the molecule is CSc1nc2c3c(nc(Cl)c(F)c3n1)OC(C(F)(F)F)C/C=[N+](/C(=O)OC(C)(C)C)CCN2. The van der Waals surface area contributed by atoms with Gasteiger partial charge in [-0.1, -0.05) is 23.4 Å². The molecular weight excluding hydrogens is 490 g/mol. The van der Waals surface area contributed by atoms with E-state index in [0.717, 1.165) is 22.6 Å². The van der Waals surface area contributed by atoms with Crippen LogP contribution in [0.15, 0.2) is 5.16 Å². The van der Waals surface area contributed by atoms with E-state index in [2.05, 4.69) is 20.3 Å². The number of carbonyl (C=O) groups excluding carboxylic acids is 1. The molecule has 3 rings (SSSR count). The first kappa shape index (κ1) is 25.2. The maximum absolute atomic E-state index is 14.7. The second kappa shape index (κ2) is 9.45. The number of thioether (sulfide) groups is 1. The van der Waals surface area contributed by atoms with Crippen molar-refractivity contribution in [3.05, 3.63) is 11.0 Å². The Kier molecular flexibility index (Phi) is 7.22. The van der Waals surface area contributed by atoms with Crippen molar-refractivity contribution in [1.29, 1.82) is 0 Å². The fraction of sp³-hybridized carbons (Fsp3) is 0.526. The lowest BCUT2D eigenvalue weighted by Gasteiger charge is -2.21. The van der Waals surface area contributed by atoms with Crippen molar-refractivity contribution in [2.24, 2.45) is 0 Å². The maximum Gasteiger partial charge on any atom is 0.596 e. The third-order valence-electron chi connectivity index (χ3n) is 4.31. The summed E-state index contributed by atoms with van der Waals surface area (Å²) in [5.41, 5.74) is -1.19. The number of anilines is 1. The average molecular weight is 511 g/mol. The Hall–Kier alpha value is -2.41. The number of aromatic nitrogens is 3. The number of alkyl halides is 3. The molecule has 3 heterocycles. The van der Waals surface area contributed by atoms with Gasteiger partial charge in [0.25, 0.3) is 0 Å². The highest BCUT2D eigenvalue weighted by molar-refractivity contribution is 7.98. The van der Waals surface area contributed by atoms with Gasteiger partial charge in [-0.2, -0.15) is 22.9 Å². The van der Waals surface area contributed by atoms with E-state index in [9.17, 15) is 22.4 Å². The zero-order chi connectivity index (χ0) is 24.6. The van der Waals surface area contributed by atoms with Crippen molar-refractivity contribution >= 4 is 52.4 Å². The van der Waals surface area contributed by atoms with E-state index in [4.69, 9.17) is 21.1 Å². The van der Waals surface area contributed by atoms with Crippen LogP contribution in [0, 0.1) is 5.82 Å². The number of hydrogen-bond donors (Lipinski definition) is 1. The van der Waals surface area contributed by atoms with E-state index in [0.29, 0.717) is 0 Å². The highest BCUT2D eigenvalue weighted by atomic mass is 35.5. The van der Waals surface area contributed by atoms with E-state index >= 15 is 0 Å². The molecule has 1 unspecified atom stereocenters. The van der Waals surface area contributed by atoms with Crippen LogP contribution in [0.5, 0.6) is 5.88 Å². The summed E-state index contributed by atoms with van der Waals surface area (Å²) in [5.74, 6) is -1.59. The van der Waals surface area contributed by atoms with E-state index in [1.165, 1.54) is 0 Å². The highest BCUT2D eigenvalue weighted by Gasteiger charge is 2.43. The Morgan fingerprint density at radius 3 is 2.61 bits per heavy atom. The molecule has 8 nitrogen and oxygen atoms in total. The summed E-state index contributed by atoms with van der Waals surface area (Å²) in [4.78, 5) is 24.5. The van der Waals surface area contributed by atoms with E-state index in [1.807, 2.05) is 0 Å². The van der Waals surface area contributed by atoms with Crippen LogP contribution in [0.4, 0.5) is 28.2 Å². The minimum Gasteiger partial charge on any atom is -0.463 e. The Bertz CT molecular complexity index is 1110. The molecule has 1 aliphatic heterocycles. The number of pyridine rings is 1. The molecule has 1 atom stereocenters. The van der Waals surface area contributed by atoms with Gasteiger partial charge >= 0.3 is 12.3 Å². The summed E-state index contributed by atoms with van der Waals surface area (Å²) < 4.78 is 67.5. The molecule has 0 saturated heterocycles. The predicted molar refractivity (Wildman–Crippen MR) is 115 cm³/mol. The molecule has 0 spiro atoms. The quantitative estimate of drug-likeness (QED) is 0.194. The van der Waals surface area contributed by atoms with Crippen LogP contribution in [0.3, 0.4) is 0 Å². The van der Waals surface area contributed by atoms with Crippen molar-refractivity contribution in [2.45, 2.75) is 50.2 Å². The number of hydrogen-bond acceptors (Lipinski definition) is 8. The molecule has 0 fully saturated rings. The van der Waals surface area contributed by atoms with E-state index in [1.54, 1.807) is 27.0 Å². The van der Waals surface area contributed by atoms with Gasteiger partial charge in [-0.15, -0.1) is 4.58 Å². The third kappa shape index (κ3) is 5.94. The van der Waals surface area contributed by atoms with Gasteiger partial charge in [-0.25, -0.2) is 14.4 Å². The highest BCUT2D eigenvalue weighted by Crippen LogP contribution is 2.37. The Balaban J connectivity index is 2.15. The molecule has 1 aliphatic rings. The van der Waals surface area contributed by atoms with Crippen LogP contribution < -0.4 is 10.1 Å². The minimum atomic E-state index is -4.84. The van der Waals surface area contributed by atoms with Crippen LogP contribution in [-0.2, 0) is 4.74 Å². The second-order valence-corrected chi connectivity index (χ2v) is 9.10. The predicted octanol–water partition coefficient (Wildman–Crippen LogP) is 4.68. The standard InChI is InChI=1S/C19H21ClF4N5O3S/c1-18(2,3)32-17(30)29-7-5-9(19(22,23)24)31-15-10-12(11(21)13(20)27-15)26-16(33-4)28-14(10)25-6-8-29/h7,9H,5-6,8H2,1-4H3,(H,25,26,28)/q+1/b29-7+. The molecule has 0 saturated carbocycles. The van der Waals surface area contributed by atoms with Crippen molar-refractivity contribution in [3.63, 3.8) is 0 Å². The summed E-state index contributed by atoms with van der Waals surface area (Å²) in [6, 6.07) is 0. The lowest BCUT2D eigenvalue weighted by molar-refractivity contribution is -0.444. The molecule has 180 valence electrons. The molecule has 2 aromatic heterocycles. The summed E-state index contributed by atoms with van der Waals surface area (Å²) in [6.07, 6.45) is -6.12. The van der Waals surface area contributed by atoms with Crippen molar-refractivity contribution < 1.29 is 36.4 Å². The monoisotopic (exact) mass is 510 g/mol. The number of nitrogens with zero attached hydrogens (tertiary/aromatic N) is 4. The number of ether oxygens (including phenoxy) is 2. The Morgan fingerprint density at radius 2 is 2.00 bits per heavy atom. The Morgan fingerprint density at radius 1 is 1.30 bits per heavy atom. The van der Waals surface area contributed by atoms with Gasteiger partial charge in [-0.05, 0) is 27.0 Å². The molecule has 0 radical (unpaired) electrons. The minimum absolute atomic E-state index is 0.00520. The first-order valence-corrected chi connectivity index (χ1v) is 11.3. The van der Waals surface area contributed by atoms with Crippen molar-refractivity contribution in [3.8, 4) is 5.88 Å². The lowest BCUT2D eigenvalue weighted by Crippen LogP contribution is -2.38. The largest absolute Gasteiger partial charge is 0.596 e. The maximum atomic E-state index is 14.7. The summed E-state index contributed by atoms with van der Waals surface area (Å²) >= 11 is 6.91. The number of rotatable bonds is 1. The number of nitrogens with one attached hydrogen (secondary N) is 1. The lowest BCUT2D eigenvalue weighted by atomic mass is 10.2. The van der Waals surface area contributed by atoms with Crippen LogP contribution in [0.25, 0.3) is 10.9 Å². The fourth-order valence-electron chi connectivity index (χ4n) is 2.88. The number of amides is 1. The van der Waals surface area contributed by atoms with Gasteiger partial charge in [0.15, 0.2) is 28.9 Å². The zero-order valence-corrected chi connectivity index (χ0v) is 19.7. The third-order valence-corrected chi connectivity index (χ3v) is 5.10. The average Bonchev–Trinajstić information content (AvgIpc) is 2.73. The van der Waals surface area contributed by atoms with Gasteiger partial charge in [-0.3, -0.25) is 0 Å². The molecule has 0 aliphatic carbocycles. The molecule has 0 bridgehead atoms. The number of halogens is 5. The van der Waals surface area contributed by atoms with Crippen LogP contribution in [-0.4, -0.2) is 69.1 Å². The van der Waals surface area contributed by atoms with Gasteiger partial charge in [0.2, 0.25) is 12.0 Å². The first-order chi connectivity index (χ1) is 15.3. The molecule has 2 aromatic rings. The molecule has 1 amide bonds. The summed E-state index contributed by atoms with van der Waals surface area (Å²) in [6.45, 7) is 4.91. The van der Waals surface area contributed by atoms with Crippen molar-refractivity contribution in [1.82, 2.24) is 15.0 Å². The molecule has 0 aromatic carbocycles. The summed E-state index contributed by atoms with van der Waals surface area (Å²) in [5, 5.41) is 2.17. The van der Waals surface area contributed by atoms with Gasteiger partial charge < -0.3 is 14.8 Å². The van der Waals surface area contributed by atoms with Crippen molar-refractivity contribution in [2.75, 3.05) is 24.7 Å².